The molecule has 2 amide bonds. The Bertz CT molecular complexity index is 303. The third-order valence-electron chi connectivity index (χ3n) is 3.85. The van der Waals surface area contributed by atoms with Gasteiger partial charge in [-0.2, -0.15) is 0 Å². The summed E-state index contributed by atoms with van der Waals surface area (Å²) in [5, 5.41) is 0. The molecule has 0 aliphatic rings. The molecular weight excluding hydrogens is 316 g/mol. The number of hydrogen-bond acceptors (Lipinski definition) is 3. The first kappa shape index (κ1) is 26.0. The molecule has 0 aliphatic heterocycles. The summed E-state index contributed by atoms with van der Waals surface area (Å²) in [5.41, 5.74) is 8.50. The second-order valence-corrected chi connectivity index (χ2v) is 6.93. The van der Waals surface area contributed by atoms with E-state index in [9.17, 15) is 4.79 Å². The third kappa shape index (κ3) is 31.1. The minimum atomic E-state index is -0.833. The van der Waals surface area contributed by atoms with Crippen molar-refractivity contribution < 1.29 is 14.3 Å². The van der Waals surface area contributed by atoms with Crippen molar-refractivity contribution in [3.05, 3.63) is 0 Å². The van der Waals surface area contributed by atoms with E-state index in [2.05, 4.69) is 18.4 Å². The Balaban J connectivity index is 0. The summed E-state index contributed by atoms with van der Waals surface area (Å²) in [7, 11) is 0. The molecule has 0 bridgehead atoms. The van der Waals surface area contributed by atoms with E-state index in [1.54, 1.807) is 0 Å². The van der Waals surface area contributed by atoms with Gasteiger partial charge in [-0.1, -0.05) is 84.0 Å². The molecule has 0 aromatic carbocycles. The van der Waals surface area contributed by atoms with Crippen molar-refractivity contribution >= 4 is 12.0 Å². The van der Waals surface area contributed by atoms with Crippen LogP contribution in [0, 0.1) is 0 Å². The maximum absolute atomic E-state index is 11.3. The van der Waals surface area contributed by atoms with Crippen molar-refractivity contribution in [3.8, 4) is 0 Å². The zero-order valence-corrected chi connectivity index (χ0v) is 16.9. The van der Waals surface area contributed by atoms with Gasteiger partial charge in [0, 0.05) is 6.42 Å². The summed E-state index contributed by atoms with van der Waals surface area (Å²) in [6, 6.07) is -0.833. The molecule has 0 radical (unpaired) electrons. The predicted molar refractivity (Wildman–Crippen MR) is 105 cm³/mol. The number of nitrogens with two attached hydrogens (primary N) is 2. The van der Waals surface area contributed by atoms with Crippen LogP contribution in [0.1, 0.15) is 111 Å². The Kier molecular flexibility index (Phi) is 21.6. The molecule has 0 heterocycles. The Morgan fingerprint density at radius 1 is 0.720 bits per heavy atom. The normalized spacial score (nSPS) is 10.2. The predicted octanol–water partition coefficient (Wildman–Crippen LogP) is 5.44. The lowest BCUT2D eigenvalue weighted by molar-refractivity contribution is -0.147. The Labute approximate surface area is 155 Å². The van der Waals surface area contributed by atoms with Gasteiger partial charge < -0.3 is 16.2 Å². The van der Waals surface area contributed by atoms with Crippen LogP contribution in [-0.2, 0) is 9.53 Å². The van der Waals surface area contributed by atoms with Crippen LogP contribution in [0.4, 0.5) is 4.79 Å². The van der Waals surface area contributed by atoms with Gasteiger partial charge in [-0.15, -0.1) is 0 Å². The summed E-state index contributed by atoms with van der Waals surface area (Å²) in [6.45, 7) is 6.08. The zero-order valence-electron chi connectivity index (χ0n) is 16.9. The minimum Gasteiger partial charge on any atom is -0.463 e. The molecule has 25 heavy (non-hydrogen) atoms. The lowest BCUT2D eigenvalue weighted by Crippen LogP contribution is -2.18. The van der Waals surface area contributed by atoms with Gasteiger partial charge in [-0.05, 0) is 20.3 Å². The molecule has 4 N–H and O–H groups in total. The first-order valence-electron chi connectivity index (χ1n) is 10.1. The summed E-state index contributed by atoms with van der Waals surface area (Å²) in [4.78, 5) is 20.3. The fraction of sp³-hybridized carbons (Fsp3) is 0.900. The second kappa shape index (κ2) is 20.8. The van der Waals surface area contributed by atoms with E-state index in [1.807, 2.05) is 13.8 Å². The van der Waals surface area contributed by atoms with Crippen LogP contribution < -0.4 is 11.5 Å². The Morgan fingerprint density at radius 2 is 1.04 bits per heavy atom. The number of hydrogen-bond donors (Lipinski definition) is 2. The topological polar surface area (TPSA) is 95.4 Å². The fourth-order valence-electron chi connectivity index (χ4n) is 2.61. The van der Waals surface area contributed by atoms with Gasteiger partial charge in [0.15, 0.2) is 0 Å². The van der Waals surface area contributed by atoms with Crippen molar-refractivity contribution in [1.82, 2.24) is 0 Å². The quantitative estimate of drug-likeness (QED) is 0.301. The number of carbonyl (C=O) groups excluding carboxylic acids is 2. The van der Waals surface area contributed by atoms with Gasteiger partial charge in [0.1, 0.15) is 0 Å². The van der Waals surface area contributed by atoms with Crippen LogP contribution in [-0.4, -0.2) is 18.1 Å². The molecule has 0 saturated carbocycles. The van der Waals surface area contributed by atoms with E-state index < -0.39 is 6.03 Å². The standard InChI is InChI=1S/C19H38O2.CH4N2O/c1-4-5-6-7-8-9-10-11-12-13-14-15-16-17-19(20)21-18(2)3;2-1(3)4/h18H,4-17H2,1-3H3;(H4,2,3,4). The highest BCUT2D eigenvalue weighted by molar-refractivity contribution is 5.69. The van der Waals surface area contributed by atoms with Gasteiger partial charge in [-0.3, -0.25) is 4.79 Å². The highest BCUT2D eigenvalue weighted by Gasteiger charge is 2.04. The van der Waals surface area contributed by atoms with Gasteiger partial charge >= 0.3 is 12.0 Å². The first-order chi connectivity index (χ1) is 11.9. The number of rotatable bonds is 15. The summed E-state index contributed by atoms with van der Waals surface area (Å²) in [5.74, 6) is -0.0342. The highest BCUT2D eigenvalue weighted by atomic mass is 16.5. The molecule has 150 valence electrons. The number of urea groups is 1. The lowest BCUT2D eigenvalue weighted by Gasteiger charge is -2.07. The number of unbranched alkanes of at least 4 members (excludes halogenated alkanes) is 12. The fourth-order valence-corrected chi connectivity index (χ4v) is 2.61. The van der Waals surface area contributed by atoms with E-state index in [4.69, 9.17) is 9.53 Å². The monoisotopic (exact) mass is 358 g/mol. The van der Waals surface area contributed by atoms with E-state index in [-0.39, 0.29) is 12.1 Å². The average molecular weight is 359 g/mol. The van der Waals surface area contributed by atoms with E-state index in [0.717, 1.165) is 6.42 Å². The molecule has 0 aromatic heterocycles. The lowest BCUT2D eigenvalue weighted by atomic mass is 10.0. The third-order valence-corrected chi connectivity index (χ3v) is 3.85. The number of amides is 2. The summed E-state index contributed by atoms with van der Waals surface area (Å²) in [6.07, 6.45) is 18.0. The van der Waals surface area contributed by atoms with Crippen LogP contribution in [0.15, 0.2) is 0 Å². The molecule has 0 rings (SSSR count). The molecule has 0 aromatic rings. The van der Waals surface area contributed by atoms with Crippen LogP contribution in [0.3, 0.4) is 0 Å². The van der Waals surface area contributed by atoms with Crippen LogP contribution in [0.5, 0.6) is 0 Å². The second-order valence-electron chi connectivity index (χ2n) is 6.93. The molecule has 0 saturated heterocycles. The van der Waals surface area contributed by atoms with Crippen LogP contribution in [0.25, 0.3) is 0 Å². The molecule has 5 nitrogen and oxygen atoms in total. The average Bonchev–Trinajstić information content (AvgIpc) is 2.50. The minimum absolute atomic E-state index is 0.0273. The van der Waals surface area contributed by atoms with Crippen LogP contribution >= 0.6 is 0 Å². The van der Waals surface area contributed by atoms with Gasteiger partial charge in [0.05, 0.1) is 6.10 Å². The summed E-state index contributed by atoms with van der Waals surface area (Å²) < 4.78 is 5.12. The SMILES string of the molecule is CCCCCCCCCCCCCCCC(=O)OC(C)C.NC(N)=O. The van der Waals surface area contributed by atoms with Crippen molar-refractivity contribution in [1.29, 1.82) is 0 Å². The van der Waals surface area contributed by atoms with Gasteiger partial charge in [0.2, 0.25) is 0 Å². The van der Waals surface area contributed by atoms with E-state index in [0.29, 0.717) is 6.42 Å². The van der Waals surface area contributed by atoms with Crippen molar-refractivity contribution in [2.24, 2.45) is 11.5 Å². The maximum Gasteiger partial charge on any atom is 0.309 e. The molecule has 0 spiro atoms. The van der Waals surface area contributed by atoms with Gasteiger partial charge in [0.25, 0.3) is 0 Å². The van der Waals surface area contributed by atoms with Crippen molar-refractivity contribution in [3.63, 3.8) is 0 Å². The van der Waals surface area contributed by atoms with Gasteiger partial charge in [-0.25, -0.2) is 4.79 Å². The molecule has 0 fully saturated rings. The molecule has 0 aliphatic carbocycles. The Morgan fingerprint density at radius 3 is 1.36 bits per heavy atom. The molecule has 5 heteroatoms. The number of carbonyl (C=O) groups is 2. The van der Waals surface area contributed by atoms with E-state index in [1.165, 1.54) is 77.0 Å². The maximum atomic E-state index is 11.3. The highest BCUT2D eigenvalue weighted by Crippen LogP contribution is 2.13. The number of ether oxygens (including phenoxy) is 1. The molecular formula is C20H42N2O3. The first-order valence-corrected chi connectivity index (χ1v) is 10.1. The Hall–Kier alpha value is -1.26. The van der Waals surface area contributed by atoms with Crippen molar-refractivity contribution in [2.45, 2.75) is 117 Å². The van der Waals surface area contributed by atoms with Crippen LogP contribution in [0.2, 0.25) is 0 Å². The smallest absolute Gasteiger partial charge is 0.309 e. The largest absolute Gasteiger partial charge is 0.463 e. The zero-order chi connectivity index (χ0) is 19.3. The summed E-state index contributed by atoms with van der Waals surface area (Å²) >= 11 is 0. The molecule has 0 unspecified atom stereocenters. The number of esters is 1. The van der Waals surface area contributed by atoms with E-state index >= 15 is 0 Å². The van der Waals surface area contributed by atoms with Crippen molar-refractivity contribution in [2.75, 3.05) is 0 Å². The molecule has 0 atom stereocenters. The number of primary amides is 2.